The third-order valence-corrected chi connectivity index (χ3v) is 3.26. The molecule has 0 saturated heterocycles. The second kappa shape index (κ2) is 5.12. The van der Waals surface area contributed by atoms with Crippen molar-refractivity contribution in [3.63, 3.8) is 0 Å². The van der Waals surface area contributed by atoms with Crippen LogP contribution < -0.4 is 4.90 Å². The molecule has 0 aromatic carbocycles. The summed E-state index contributed by atoms with van der Waals surface area (Å²) in [6, 6.07) is 0.532. The maximum Gasteiger partial charge on any atom is 0.356 e. The fourth-order valence-corrected chi connectivity index (χ4v) is 2.40. The summed E-state index contributed by atoms with van der Waals surface area (Å²) >= 11 is 0. The summed E-state index contributed by atoms with van der Waals surface area (Å²) in [4.78, 5) is 21.0. The molecule has 92 valence electrons. The zero-order valence-electron chi connectivity index (χ0n) is 9.96. The van der Waals surface area contributed by atoms with Crippen molar-refractivity contribution in [3.8, 4) is 0 Å². The fourth-order valence-electron chi connectivity index (χ4n) is 2.40. The zero-order valence-corrected chi connectivity index (χ0v) is 9.96. The molecule has 1 heterocycles. The lowest BCUT2D eigenvalue weighted by Gasteiger charge is -2.28. The Bertz CT molecular complexity index is 385. The van der Waals surface area contributed by atoms with Crippen molar-refractivity contribution in [1.29, 1.82) is 0 Å². The number of carbonyl (C=O) groups is 1. The second-order valence-corrected chi connectivity index (χ2v) is 4.29. The molecule has 5 nitrogen and oxygen atoms in total. The SMILES string of the molecule is CCN(c1cnc(C(=O)O)cn1)C1CCCC1. The number of anilines is 1. The Labute approximate surface area is 100 Å². The van der Waals surface area contributed by atoms with Gasteiger partial charge in [0, 0.05) is 12.6 Å². The summed E-state index contributed by atoms with van der Waals surface area (Å²) in [6.45, 7) is 2.97. The molecule has 0 bridgehead atoms. The molecule has 0 aliphatic heterocycles. The standard InChI is InChI=1S/C12H17N3O2/c1-2-15(9-5-3-4-6-9)11-8-13-10(7-14-11)12(16)17/h7-9H,2-6H2,1H3,(H,16,17). The number of hydrogen-bond acceptors (Lipinski definition) is 4. The first kappa shape index (κ1) is 11.8. The Morgan fingerprint density at radius 2 is 2.12 bits per heavy atom. The van der Waals surface area contributed by atoms with E-state index in [1.807, 2.05) is 0 Å². The van der Waals surface area contributed by atoms with E-state index in [1.165, 1.54) is 31.9 Å². The van der Waals surface area contributed by atoms with Crippen LogP contribution in [0.15, 0.2) is 12.4 Å². The Morgan fingerprint density at radius 1 is 1.41 bits per heavy atom. The molecular weight excluding hydrogens is 218 g/mol. The van der Waals surface area contributed by atoms with Crippen LogP contribution in [0.25, 0.3) is 0 Å². The average molecular weight is 235 g/mol. The van der Waals surface area contributed by atoms with Gasteiger partial charge in [-0.3, -0.25) is 0 Å². The van der Waals surface area contributed by atoms with Crippen LogP contribution in [-0.4, -0.2) is 33.6 Å². The van der Waals surface area contributed by atoms with E-state index in [2.05, 4.69) is 21.8 Å². The molecule has 1 aliphatic carbocycles. The molecule has 0 spiro atoms. The maximum atomic E-state index is 10.7. The highest BCUT2D eigenvalue weighted by Crippen LogP contribution is 2.26. The summed E-state index contributed by atoms with van der Waals surface area (Å²) in [7, 11) is 0. The summed E-state index contributed by atoms with van der Waals surface area (Å²) in [5.41, 5.74) is -0.00350. The predicted octanol–water partition coefficient (Wildman–Crippen LogP) is 1.94. The van der Waals surface area contributed by atoms with Crippen LogP contribution in [0, 0.1) is 0 Å². The fraction of sp³-hybridized carbons (Fsp3) is 0.583. The quantitative estimate of drug-likeness (QED) is 0.863. The van der Waals surface area contributed by atoms with Crippen molar-refractivity contribution < 1.29 is 9.90 Å². The van der Waals surface area contributed by atoms with E-state index >= 15 is 0 Å². The van der Waals surface area contributed by atoms with Crippen molar-refractivity contribution in [2.75, 3.05) is 11.4 Å². The van der Waals surface area contributed by atoms with Gasteiger partial charge in [0.25, 0.3) is 0 Å². The lowest BCUT2D eigenvalue weighted by molar-refractivity contribution is 0.0690. The van der Waals surface area contributed by atoms with Crippen LogP contribution in [0.5, 0.6) is 0 Å². The Hall–Kier alpha value is -1.65. The van der Waals surface area contributed by atoms with Crippen LogP contribution in [0.4, 0.5) is 5.82 Å². The average Bonchev–Trinajstić information content (AvgIpc) is 2.84. The van der Waals surface area contributed by atoms with Crippen molar-refractivity contribution in [2.45, 2.75) is 38.6 Å². The minimum atomic E-state index is -1.03. The molecule has 1 saturated carbocycles. The monoisotopic (exact) mass is 235 g/mol. The highest BCUT2D eigenvalue weighted by Gasteiger charge is 2.22. The van der Waals surface area contributed by atoms with E-state index in [9.17, 15) is 4.79 Å². The van der Waals surface area contributed by atoms with Crippen molar-refractivity contribution in [2.24, 2.45) is 0 Å². The molecule has 0 atom stereocenters. The van der Waals surface area contributed by atoms with Gasteiger partial charge in [-0.15, -0.1) is 0 Å². The summed E-state index contributed by atoms with van der Waals surface area (Å²) in [6.07, 6.45) is 7.80. The lowest BCUT2D eigenvalue weighted by Crippen LogP contribution is -2.33. The van der Waals surface area contributed by atoms with Gasteiger partial charge < -0.3 is 10.0 Å². The molecule has 5 heteroatoms. The number of carboxylic acids is 1. The zero-order chi connectivity index (χ0) is 12.3. The molecule has 1 fully saturated rings. The molecule has 0 unspecified atom stereocenters. The van der Waals surface area contributed by atoms with Crippen molar-refractivity contribution in [3.05, 3.63) is 18.1 Å². The molecule has 17 heavy (non-hydrogen) atoms. The Kier molecular flexibility index (Phi) is 3.56. The van der Waals surface area contributed by atoms with Gasteiger partial charge in [0.05, 0.1) is 12.4 Å². The van der Waals surface area contributed by atoms with Gasteiger partial charge in [0.15, 0.2) is 5.69 Å². The summed E-state index contributed by atoms with van der Waals surface area (Å²) in [5.74, 6) is -0.252. The first-order valence-electron chi connectivity index (χ1n) is 6.04. The number of hydrogen-bond donors (Lipinski definition) is 1. The number of rotatable bonds is 4. The molecular formula is C12H17N3O2. The third kappa shape index (κ3) is 2.54. The van der Waals surface area contributed by atoms with Gasteiger partial charge in [-0.25, -0.2) is 14.8 Å². The minimum absolute atomic E-state index is 0.00350. The third-order valence-electron chi connectivity index (χ3n) is 3.26. The smallest absolute Gasteiger partial charge is 0.356 e. The van der Waals surface area contributed by atoms with Gasteiger partial charge in [-0.1, -0.05) is 12.8 Å². The molecule has 1 aromatic heterocycles. The predicted molar refractivity (Wildman–Crippen MR) is 64.3 cm³/mol. The van der Waals surface area contributed by atoms with Crippen LogP contribution in [0.1, 0.15) is 43.1 Å². The maximum absolute atomic E-state index is 10.7. The van der Waals surface area contributed by atoms with E-state index in [0.29, 0.717) is 6.04 Å². The van der Waals surface area contributed by atoms with Gasteiger partial charge >= 0.3 is 5.97 Å². The highest BCUT2D eigenvalue weighted by molar-refractivity contribution is 5.84. The van der Waals surface area contributed by atoms with E-state index < -0.39 is 5.97 Å². The van der Waals surface area contributed by atoms with Crippen LogP contribution >= 0.6 is 0 Å². The van der Waals surface area contributed by atoms with E-state index in [0.717, 1.165) is 12.4 Å². The minimum Gasteiger partial charge on any atom is -0.476 e. The van der Waals surface area contributed by atoms with Crippen molar-refractivity contribution in [1.82, 2.24) is 9.97 Å². The first-order chi connectivity index (χ1) is 8.22. The van der Waals surface area contributed by atoms with Gasteiger partial charge in [0.1, 0.15) is 5.82 Å². The van der Waals surface area contributed by atoms with Crippen LogP contribution in [0.2, 0.25) is 0 Å². The molecule has 0 radical (unpaired) electrons. The van der Waals surface area contributed by atoms with Crippen LogP contribution in [-0.2, 0) is 0 Å². The van der Waals surface area contributed by atoms with Crippen molar-refractivity contribution >= 4 is 11.8 Å². The number of nitrogens with zero attached hydrogens (tertiary/aromatic N) is 3. The molecule has 1 aliphatic rings. The lowest BCUT2D eigenvalue weighted by atomic mass is 10.2. The largest absolute Gasteiger partial charge is 0.476 e. The highest BCUT2D eigenvalue weighted by atomic mass is 16.4. The Balaban J connectivity index is 2.16. The van der Waals surface area contributed by atoms with E-state index in [-0.39, 0.29) is 5.69 Å². The number of carboxylic acid groups (broad SMARTS) is 1. The van der Waals surface area contributed by atoms with Gasteiger partial charge in [-0.2, -0.15) is 0 Å². The summed E-state index contributed by atoms with van der Waals surface area (Å²) < 4.78 is 0. The van der Waals surface area contributed by atoms with Gasteiger partial charge in [-0.05, 0) is 19.8 Å². The number of aromatic carboxylic acids is 1. The van der Waals surface area contributed by atoms with Crippen LogP contribution in [0.3, 0.4) is 0 Å². The Morgan fingerprint density at radius 3 is 2.59 bits per heavy atom. The van der Waals surface area contributed by atoms with Gasteiger partial charge in [0.2, 0.25) is 0 Å². The molecule has 1 aromatic rings. The molecule has 0 amide bonds. The first-order valence-corrected chi connectivity index (χ1v) is 6.04. The molecule has 1 N–H and O–H groups in total. The van der Waals surface area contributed by atoms with E-state index in [4.69, 9.17) is 5.11 Å². The second-order valence-electron chi connectivity index (χ2n) is 4.29. The summed E-state index contributed by atoms with van der Waals surface area (Å²) in [5, 5.41) is 8.77. The molecule has 2 rings (SSSR count). The number of aromatic nitrogens is 2. The van der Waals surface area contributed by atoms with E-state index in [1.54, 1.807) is 6.20 Å². The normalized spacial score (nSPS) is 16.1. The topological polar surface area (TPSA) is 66.3 Å².